The first-order valence-electron chi connectivity index (χ1n) is 11.8. The molecule has 3 aromatic rings. The minimum atomic E-state index is -0.772. The summed E-state index contributed by atoms with van der Waals surface area (Å²) in [5.74, 6) is -0.288. The van der Waals surface area contributed by atoms with Gasteiger partial charge in [0.05, 0.1) is 17.7 Å². The standard InChI is InChI=1S/C28H29FN2O4/c1-4-7-22-25(27(32)35-17(2)3)26(31-28(33)30-22)24-21-9-6-5-8-19(21)12-15-23(24)34-16-18-10-13-20(29)14-11-18/h5-6,8-15,17,26H,4,7,16H2,1-3H3,(H2,30,31,33). The molecule has 1 aliphatic heterocycles. The number of carbonyl (C=O) groups excluding carboxylic acids is 2. The zero-order chi connectivity index (χ0) is 24.9. The van der Waals surface area contributed by atoms with E-state index in [4.69, 9.17) is 9.47 Å². The summed E-state index contributed by atoms with van der Waals surface area (Å²) in [5, 5.41) is 7.52. The van der Waals surface area contributed by atoms with Gasteiger partial charge in [0.2, 0.25) is 0 Å². The number of allylic oxidation sites excluding steroid dienone is 1. The summed E-state index contributed by atoms with van der Waals surface area (Å²) >= 11 is 0. The highest BCUT2D eigenvalue weighted by molar-refractivity contribution is 5.98. The molecule has 1 atom stereocenters. The van der Waals surface area contributed by atoms with Crippen LogP contribution in [-0.2, 0) is 16.1 Å². The van der Waals surface area contributed by atoms with Crippen molar-refractivity contribution in [2.24, 2.45) is 0 Å². The molecule has 3 aromatic carbocycles. The van der Waals surface area contributed by atoms with Crippen LogP contribution >= 0.6 is 0 Å². The predicted octanol–water partition coefficient (Wildman–Crippen LogP) is 5.92. The number of hydrogen-bond acceptors (Lipinski definition) is 4. The Kier molecular flexibility index (Phi) is 7.34. The van der Waals surface area contributed by atoms with Gasteiger partial charge in [-0.25, -0.2) is 14.0 Å². The molecule has 0 bridgehead atoms. The number of halogens is 1. The van der Waals surface area contributed by atoms with E-state index in [2.05, 4.69) is 10.6 Å². The van der Waals surface area contributed by atoms with Crippen LogP contribution in [0.5, 0.6) is 5.75 Å². The van der Waals surface area contributed by atoms with Gasteiger partial charge in [0.15, 0.2) is 0 Å². The normalized spacial score (nSPS) is 15.7. The molecular formula is C28H29FN2O4. The van der Waals surface area contributed by atoms with Crippen molar-refractivity contribution in [3.63, 3.8) is 0 Å². The van der Waals surface area contributed by atoms with E-state index in [1.54, 1.807) is 26.0 Å². The first kappa shape index (κ1) is 24.3. The fourth-order valence-electron chi connectivity index (χ4n) is 4.24. The van der Waals surface area contributed by atoms with Gasteiger partial charge in [-0.2, -0.15) is 0 Å². The van der Waals surface area contributed by atoms with Crippen LogP contribution < -0.4 is 15.4 Å². The Labute approximate surface area is 204 Å². The third kappa shape index (κ3) is 5.45. The first-order valence-corrected chi connectivity index (χ1v) is 11.8. The van der Waals surface area contributed by atoms with Gasteiger partial charge >= 0.3 is 12.0 Å². The number of rotatable bonds is 8. The maximum atomic E-state index is 13.3. The second-order valence-electron chi connectivity index (χ2n) is 8.74. The Morgan fingerprint density at radius 3 is 2.51 bits per heavy atom. The number of amides is 2. The quantitative estimate of drug-likeness (QED) is 0.396. The molecule has 0 aliphatic carbocycles. The van der Waals surface area contributed by atoms with Crippen LogP contribution in [-0.4, -0.2) is 18.1 Å². The van der Waals surface area contributed by atoms with E-state index in [-0.39, 0.29) is 18.5 Å². The largest absolute Gasteiger partial charge is 0.489 e. The Morgan fingerprint density at radius 2 is 1.80 bits per heavy atom. The molecule has 4 rings (SSSR count). The fraction of sp³-hybridized carbons (Fsp3) is 0.286. The van der Waals surface area contributed by atoms with Gasteiger partial charge in [-0.1, -0.05) is 55.8 Å². The Bertz CT molecular complexity index is 1270. The topological polar surface area (TPSA) is 76.7 Å². The average Bonchev–Trinajstić information content (AvgIpc) is 2.82. The molecule has 0 aromatic heterocycles. The van der Waals surface area contributed by atoms with Crippen molar-refractivity contribution in [1.29, 1.82) is 0 Å². The SMILES string of the molecule is CCCC1=C(C(=O)OC(C)C)C(c2c(OCc3ccc(F)cc3)ccc3ccccc23)NC(=O)N1. The molecule has 1 heterocycles. The molecule has 35 heavy (non-hydrogen) atoms. The Hall–Kier alpha value is -3.87. The number of carbonyl (C=O) groups is 2. The number of nitrogens with one attached hydrogen (secondary N) is 2. The average molecular weight is 477 g/mol. The number of benzene rings is 3. The zero-order valence-electron chi connectivity index (χ0n) is 20.1. The van der Waals surface area contributed by atoms with E-state index in [1.165, 1.54) is 12.1 Å². The summed E-state index contributed by atoms with van der Waals surface area (Å²) in [7, 11) is 0. The molecule has 1 aliphatic rings. The van der Waals surface area contributed by atoms with Crippen molar-refractivity contribution in [1.82, 2.24) is 10.6 Å². The number of ether oxygens (including phenoxy) is 2. The summed E-state index contributed by atoms with van der Waals surface area (Å²) < 4.78 is 25.1. The van der Waals surface area contributed by atoms with E-state index in [0.29, 0.717) is 29.0 Å². The van der Waals surface area contributed by atoms with Gasteiger partial charge in [-0.3, -0.25) is 0 Å². The van der Waals surface area contributed by atoms with Crippen molar-refractivity contribution < 1.29 is 23.5 Å². The van der Waals surface area contributed by atoms with Gasteiger partial charge in [0, 0.05) is 11.3 Å². The Balaban J connectivity index is 1.85. The molecule has 2 amide bonds. The van der Waals surface area contributed by atoms with Gasteiger partial charge in [-0.15, -0.1) is 0 Å². The molecule has 7 heteroatoms. The maximum Gasteiger partial charge on any atom is 0.338 e. The lowest BCUT2D eigenvalue weighted by Gasteiger charge is -2.31. The van der Waals surface area contributed by atoms with E-state index < -0.39 is 18.0 Å². The summed E-state index contributed by atoms with van der Waals surface area (Å²) in [4.78, 5) is 26.0. The molecule has 0 saturated heterocycles. The molecule has 0 radical (unpaired) electrons. The molecular weight excluding hydrogens is 447 g/mol. The summed E-state index contributed by atoms with van der Waals surface area (Å²) in [6.07, 6.45) is 0.936. The van der Waals surface area contributed by atoms with E-state index in [1.807, 2.05) is 43.3 Å². The third-order valence-electron chi connectivity index (χ3n) is 5.74. The smallest absolute Gasteiger partial charge is 0.338 e. The molecule has 6 nitrogen and oxygen atoms in total. The van der Waals surface area contributed by atoms with Gasteiger partial charge in [0.1, 0.15) is 18.2 Å². The Morgan fingerprint density at radius 1 is 1.06 bits per heavy atom. The van der Waals surface area contributed by atoms with Crippen LogP contribution in [0.3, 0.4) is 0 Å². The van der Waals surface area contributed by atoms with E-state index >= 15 is 0 Å². The van der Waals surface area contributed by atoms with Crippen molar-refractivity contribution in [2.45, 2.75) is 52.4 Å². The fourth-order valence-corrected chi connectivity index (χ4v) is 4.24. The minimum Gasteiger partial charge on any atom is -0.489 e. The van der Waals surface area contributed by atoms with Crippen molar-refractivity contribution in [2.75, 3.05) is 0 Å². The van der Waals surface area contributed by atoms with E-state index in [0.717, 1.165) is 22.8 Å². The molecule has 182 valence electrons. The molecule has 0 spiro atoms. The number of hydrogen-bond donors (Lipinski definition) is 2. The zero-order valence-corrected chi connectivity index (χ0v) is 20.1. The lowest BCUT2D eigenvalue weighted by atomic mass is 9.89. The molecule has 0 fully saturated rings. The summed E-state index contributed by atoms with van der Waals surface area (Å²) in [6, 6.07) is 16.4. The van der Waals surface area contributed by atoms with Gasteiger partial charge < -0.3 is 20.1 Å². The third-order valence-corrected chi connectivity index (χ3v) is 5.74. The van der Waals surface area contributed by atoms with Crippen LogP contribution in [0, 0.1) is 5.82 Å². The molecule has 2 N–H and O–H groups in total. The van der Waals surface area contributed by atoms with E-state index in [9.17, 15) is 14.0 Å². The highest BCUT2D eigenvalue weighted by atomic mass is 19.1. The number of urea groups is 1. The van der Waals surface area contributed by atoms with Gasteiger partial charge in [0.25, 0.3) is 0 Å². The summed E-state index contributed by atoms with van der Waals surface area (Å²) in [5.41, 5.74) is 2.37. The first-order chi connectivity index (χ1) is 16.9. The second kappa shape index (κ2) is 10.6. The van der Waals surface area contributed by atoms with Crippen LogP contribution in [0.15, 0.2) is 71.9 Å². The number of esters is 1. The monoisotopic (exact) mass is 476 g/mol. The molecule has 0 saturated carbocycles. The second-order valence-corrected chi connectivity index (χ2v) is 8.74. The van der Waals surface area contributed by atoms with Crippen molar-refractivity contribution in [3.8, 4) is 5.75 Å². The highest BCUT2D eigenvalue weighted by Crippen LogP contribution is 2.39. The lowest BCUT2D eigenvalue weighted by Crippen LogP contribution is -2.46. The van der Waals surface area contributed by atoms with Crippen molar-refractivity contribution >= 4 is 22.8 Å². The molecule has 1 unspecified atom stereocenters. The lowest BCUT2D eigenvalue weighted by molar-refractivity contribution is -0.143. The van der Waals surface area contributed by atoms with Crippen LogP contribution in [0.1, 0.15) is 50.8 Å². The highest BCUT2D eigenvalue weighted by Gasteiger charge is 2.36. The number of fused-ring (bicyclic) bond motifs is 1. The maximum absolute atomic E-state index is 13.3. The minimum absolute atomic E-state index is 0.196. The summed E-state index contributed by atoms with van der Waals surface area (Å²) in [6.45, 7) is 5.76. The van der Waals surface area contributed by atoms with Crippen LogP contribution in [0.4, 0.5) is 9.18 Å². The van der Waals surface area contributed by atoms with Crippen LogP contribution in [0.2, 0.25) is 0 Å². The van der Waals surface area contributed by atoms with Gasteiger partial charge in [-0.05, 0) is 54.8 Å². The van der Waals surface area contributed by atoms with Crippen molar-refractivity contribution in [3.05, 3.63) is 88.9 Å². The van der Waals surface area contributed by atoms with Crippen LogP contribution in [0.25, 0.3) is 10.8 Å². The predicted molar refractivity (Wildman–Crippen MR) is 132 cm³/mol.